The highest BCUT2D eigenvalue weighted by molar-refractivity contribution is 7.15. The zero-order chi connectivity index (χ0) is 14.8. The largest absolute Gasteiger partial charge is 0.300 e. The Hall–Kier alpha value is -1.54. The van der Waals surface area contributed by atoms with Crippen molar-refractivity contribution in [2.75, 3.05) is 11.9 Å². The first kappa shape index (κ1) is 14.4. The van der Waals surface area contributed by atoms with Gasteiger partial charge in [0, 0.05) is 11.6 Å². The van der Waals surface area contributed by atoms with Crippen molar-refractivity contribution in [3.63, 3.8) is 0 Å². The summed E-state index contributed by atoms with van der Waals surface area (Å²) in [6.07, 6.45) is 0. The number of nitrogens with one attached hydrogen (secondary N) is 3. The van der Waals surface area contributed by atoms with Crippen molar-refractivity contribution in [1.29, 1.82) is 0 Å². The van der Waals surface area contributed by atoms with Crippen molar-refractivity contribution >= 4 is 34.0 Å². The maximum absolute atomic E-state index is 12.4. The molecule has 2 heterocycles. The molecule has 2 unspecified atom stereocenters. The normalized spacial score (nSPS) is 21.4. The number of anilines is 1. The molecule has 0 spiro atoms. The molecule has 0 radical (unpaired) electrons. The molecule has 110 valence electrons. The van der Waals surface area contributed by atoms with Gasteiger partial charge in [-0.15, -0.1) is 10.2 Å². The van der Waals surface area contributed by atoms with Crippen LogP contribution in [0.15, 0.2) is 24.3 Å². The summed E-state index contributed by atoms with van der Waals surface area (Å²) in [7, 11) is 0. The van der Waals surface area contributed by atoms with Crippen LogP contribution in [0, 0.1) is 12.8 Å². The van der Waals surface area contributed by atoms with Crippen molar-refractivity contribution in [3.8, 4) is 0 Å². The Morgan fingerprint density at radius 1 is 1.38 bits per heavy atom. The fraction of sp³-hybridized carbons (Fsp3) is 0.308. The highest BCUT2D eigenvalue weighted by Crippen LogP contribution is 2.27. The maximum Gasteiger partial charge on any atom is 0.232 e. The van der Waals surface area contributed by atoms with Crippen LogP contribution < -0.4 is 16.2 Å². The number of aryl methyl sites for hydroxylation is 1. The maximum atomic E-state index is 12.4. The Bertz CT molecular complexity index is 644. The number of hydrogen-bond acceptors (Lipinski definition) is 6. The molecule has 1 aromatic carbocycles. The molecule has 1 fully saturated rings. The number of nitrogens with zero attached hydrogens (tertiary/aromatic N) is 2. The highest BCUT2D eigenvalue weighted by Gasteiger charge is 2.34. The first-order chi connectivity index (χ1) is 10.1. The van der Waals surface area contributed by atoms with Crippen LogP contribution in [-0.4, -0.2) is 22.6 Å². The quantitative estimate of drug-likeness (QED) is 0.804. The number of amides is 1. The second kappa shape index (κ2) is 6.07. The standard InChI is InChI=1S/C13H14ClN5OS/c1-7-17-19-13(21-7)16-12(20)10-6-15-18-11(10)8-2-4-9(14)5-3-8/h2-5,10-11,15,18H,6H2,1H3,(H,16,19,20). The van der Waals surface area contributed by atoms with Gasteiger partial charge in [0.25, 0.3) is 0 Å². The molecule has 1 saturated heterocycles. The summed E-state index contributed by atoms with van der Waals surface area (Å²) in [4.78, 5) is 12.4. The minimum absolute atomic E-state index is 0.0800. The van der Waals surface area contributed by atoms with Gasteiger partial charge in [0.15, 0.2) is 0 Å². The van der Waals surface area contributed by atoms with Crippen molar-refractivity contribution in [1.82, 2.24) is 21.0 Å². The Morgan fingerprint density at radius 3 is 2.81 bits per heavy atom. The van der Waals surface area contributed by atoms with Gasteiger partial charge in [0.1, 0.15) is 5.01 Å². The van der Waals surface area contributed by atoms with E-state index < -0.39 is 0 Å². The molecule has 21 heavy (non-hydrogen) atoms. The number of aromatic nitrogens is 2. The summed E-state index contributed by atoms with van der Waals surface area (Å²) in [6.45, 7) is 2.40. The average molecular weight is 324 g/mol. The lowest BCUT2D eigenvalue weighted by Gasteiger charge is -2.17. The lowest BCUT2D eigenvalue weighted by Crippen LogP contribution is -2.29. The van der Waals surface area contributed by atoms with E-state index in [-0.39, 0.29) is 17.9 Å². The van der Waals surface area contributed by atoms with E-state index >= 15 is 0 Å². The van der Waals surface area contributed by atoms with Gasteiger partial charge in [0.05, 0.1) is 12.0 Å². The van der Waals surface area contributed by atoms with Gasteiger partial charge in [0.2, 0.25) is 11.0 Å². The predicted molar refractivity (Wildman–Crippen MR) is 82.1 cm³/mol. The van der Waals surface area contributed by atoms with Crippen molar-refractivity contribution < 1.29 is 4.79 Å². The zero-order valence-electron chi connectivity index (χ0n) is 11.3. The van der Waals surface area contributed by atoms with Crippen LogP contribution >= 0.6 is 22.9 Å². The summed E-state index contributed by atoms with van der Waals surface area (Å²) >= 11 is 7.26. The van der Waals surface area contributed by atoms with Crippen molar-refractivity contribution in [2.24, 2.45) is 5.92 Å². The van der Waals surface area contributed by atoms with Gasteiger partial charge in [-0.1, -0.05) is 35.1 Å². The van der Waals surface area contributed by atoms with Crippen LogP contribution in [0.5, 0.6) is 0 Å². The molecular formula is C13H14ClN5OS. The van der Waals surface area contributed by atoms with E-state index in [2.05, 4.69) is 26.4 Å². The molecule has 6 nitrogen and oxygen atoms in total. The summed E-state index contributed by atoms with van der Waals surface area (Å²) in [6, 6.07) is 7.38. The summed E-state index contributed by atoms with van der Waals surface area (Å²) in [5.74, 6) is -0.306. The molecule has 0 bridgehead atoms. The van der Waals surface area contributed by atoms with E-state index in [1.165, 1.54) is 11.3 Å². The van der Waals surface area contributed by atoms with Crippen LogP contribution in [0.4, 0.5) is 5.13 Å². The topological polar surface area (TPSA) is 78.9 Å². The number of hydrogen-bond donors (Lipinski definition) is 3. The molecule has 3 N–H and O–H groups in total. The molecular weight excluding hydrogens is 310 g/mol. The van der Waals surface area contributed by atoms with E-state index in [0.717, 1.165) is 10.6 Å². The van der Waals surface area contributed by atoms with Gasteiger partial charge in [-0.25, -0.2) is 5.43 Å². The molecule has 1 aromatic heterocycles. The molecule has 2 atom stereocenters. The lowest BCUT2D eigenvalue weighted by atomic mass is 9.94. The van der Waals surface area contributed by atoms with E-state index in [9.17, 15) is 4.79 Å². The smallest absolute Gasteiger partial charge is 0.232 e. The molecule has 0 saturated carbocycles. The molecule has 8 heteroatoms. The number of carbonyl (C=O) groups is 1. The first-order valence-corrected chi connectivity index (χ1v) is 7.68. The minimum atomic E-state index is -0.226. The Morgan fingerprint density at radius 2 is 2.14 bits per heavy atom. The second-order valence-electron chi connectivity index (χ2n) is 4.78. The molecule has 0 aliphatic carbocycles. The minimum Gasteiger partial charge on any atom is -0.300 e. The fourth-order valence-corrected chi connectivity index (χ4v) is 2.99. The number of rotatable bonds is 3. The summed E-state index contributed by atoms with van der Waals surface area (Å²) in [5, 5.41) is 12.6. The third kappa shape index (κ3) is 3.21. The Kier molecular flexibility index (Phi) is 4.16. The monoisotopic (exact) mass is 323 g/mol. The zero-order valence-corrected chi connectivity index (χ0v) is 12.8. The van der Waals surface area contributed by atoms with Gasteiger partial charge >= 0.3 is 0 Å². The van der Waals surface area contributed by atoms with Crippen LogP contribution in [0.1, 0.15) is 16.6 Å². The van der Waals surface area contributed by atoms with Crippen LogP contribution in [-0.2, 0) is 4.79 Å². The fourth-order valence-electron chi connectivity index (χ4n) is 2.27. The SMILES string of the molecule is Cc1nnc(NC(=O)C2CNNC2c2ccc(Cl)cc2)s1. The number of carbonyl (C=O) groups excluding carboxylic acids is 1. The third-order valence-electron chi connectivity index (χ3n) is 3.30. The molecule has 1 aliphatic rings. The van der Waals surface area contributed by atoms with E-state index in [0.29, 0.717) is 16.7 Å². The average Bonchev–Trinajstić information content (AvgIpc) is 3.09. The van der Waals surface area contributed by atoms with Crippen LogP contribution in [0.3, 0.4) is 0 Å². The second-order valence-corrected chi connectivity index (χ2v) is 6.39. The number of halogens is 1. The van der Waals surface area contributed by atoms with E-state index in [4.69, 9.17) is 11.6 Å². The summed E-state index contributed by atoms with van der Waals surface area (Å²) < 4.78 is 0. The van der Waals surface area contributed by atoms with Gasteiger partial charge in [-0.2, -0.15) is 0 Å². The molecule has 3 rings (SSSR count). The van der Waals surface area contributed by atoms with Gasteiger partial charge < -0.3 is 5.32 Å². The molecule has 1 amide bonds. The molecule has 1 aliphatic heterocycles. The third-order valence-corrected chi connectivity index (χ3v) is 4.31. The van der Waals surface area contributed by atoms with E-state index in [1.807, 2.05) is 31.2 Å². The molecule has 2 aromatic rings. The number of hydrazine groups is 1. The number of benzene rings is 1. The lowest BCUT2D eigenvalue weighted by molar-refractivity contribution is -0.119. The Labute approximate surface area is 130 Å². The van der Waals surface area contributed by atoms with Crippen molar-refractivity contribution in [2.45, 2.75) is 13.0 Å². The first-order valence-electron chi connectivity index (χ1n) is 6.48. The Balaban J connectivity index is 1.74. The van der Waals surface area contributed by atoms with Gasteiger partial charge in [-0.3, -0.25) is 10.2 Å². The predicted octanol–water partition coefficient (Wildman–Crippen LogP) is 1.90. The van der Waals surface area contributed by atoms with Crippen LogP contribution in [0.2, 0.25) is 5.02 Å². The van der Waals surface area contributed by atoms with E-state index in [1.54, 1.807) is 0 Å². The van der Waals surface area contributed by atoms with Crippen molar-refractivity contribution in [3.05, 3.63) is 39.9 Å². The highest BCUT2D eigenvalue weighted by atomic mass is 35.5. The van der Waals surface area contributed by atoms with Gasteiger partial charge in [-0.05, 0) is 24.6 Å². The van der Waals surface area contributed by atoms with Crippen LogP contribution in [0.25, 0.3) is 0 Å². The summed E-state index contributed by atoms with van der Waals surface area (Å²) in [5.41, 5.74) is 7.17.